The first-order valence-corrected chi connectivity index (χ1v) is 12.7. The molecular weight excluding hydrogens is 454 g/mol. The topological polar surface area (TPSA) is 96.0 Å². The summed E-state index contributed by atoms with van der Waals surface area (Å²) in [6.45, 7) is 2.71. The number of esters is 1. The molecule has 0 bridgehead atoms. The van der Waals surface area contributed by atoms with Crippen LogP contribution in [0.3, 0.4) is 0 Å². The van der Waals surface area contributed by atoms with E-state index in [2.05, 4.69) is 10.1 Å². The molecule has 2 aliphatic rings. The fraction of sp³-hybridized carbons (Fsp3) is 0.520. The Bertz CT molecular complexity index is 857. The Kier molecular flexibility index (Phi) is 11.7. The number of amides is 3. The maximum Gasteiger partial charge on any atom is 0.328 e. The number of nitrogens with zero attached hydrogens (tertiary/aromatic N) is 2. The number of thioether (sulfide) groups is 1. The number of piperidine rings is 1. The highest BCUT2D eigenvalue weighted by Gasteiger charge is 2.27. The minimum Gasteiger partial charge on any atom is -0.467 e. The van der Waals surface area contributed by atoms with Crippen molar-refractivity contribution in [2.45, 2.75) is 38.6 Å². The number of ether oxygens (including phenoxy) is 1. The predicted molar refractivity (Wildman–Crippen MR) is 134 cm³/mol. The van der Waals surface area contributed by atoms with Gasteiger partial charge in [0.2, 0.25) is 17.7 Å². The Hall–Kier alpha value is -2.81. The first-order chi connectivity index (χ1) is 16.3. The minimum atomic E-state index is -0.639. The van der Waals surface area contributed by atoms with Crippen molar-refractivity contribution < 1.29 is 23.9 Å². The van der Waals surface area contributed by atoms with Gasteiger partial charge in [0, 0.05) is 43.9 Å². The number of nitrogens with one attached hydrogen (secondary N) is 1. The monoisotopic (exact) mass is 489 g/mol. The van der Waals surface area contributed by atoms with E-state index in [1.807, 2.05) is 42.5 Å². The molecule has 1 saturated heterocycles. The molecule has 1 aliphatic carbocycles. The quantitative estimate of drug-likeness (QED) is 0.395. The van der Waals surface area contributed by atoms with Crippen LogP contribution in [0.15, 0.2) is 48.2 Å². The summed E-state index contributed by atoms with van der Waals surface area (Å²) in [6.07, 6.45) is 16.0. The number of hydrogen-bond acceptors (Lipinski definition) is 6. The standard InChI is InChI=1S/C25H35N3O5S/c1-19(25(32)33-3)27(2)22(29)14-17-34-18-23(30)28-15-12-20(13-16-28)24(31)26-21-10-8-6-4-5-7-9-11-21/h4,6-11,19-20H,5,12-18H2,1-3H3,(H,26,31)/b6-4-,9-7-,10-8+,21-11+/t19-/m0/s1. The highest BCUT2D eigenvalue weighted by Crippen LogP contribution is 2.19. The van der Waals surface area contributed by atoms with E-state index >= 15 is 0 Å². The highest BCUT2D eigenvalue weighted by molar-refractivity contribution is 7.99. The molecule has 0 aromatic rings. The second kappa shape index (κ2) is 14.5. The van der Waals surface area contributed by atoms with Crippen molar-refractivity contribution in [1.29, 1.82) is 0 Å². The van der Waals surface area contributed by atoms with Crippen LogP contribution in [-0.4, -0.2) is 78.3 Å². The smallest absolute Gasteiger partial charge is 0.328 e. The van der Waals surface area contributed by atoms with Crippen LogP contribution in [0.25, 0.3) is 0 Å². The van der Waals surface area contributed by atoms with E-state index in [0.717, 1.165) is 12.1 Å². The van der Waals surface area contributed by atoms with Crippen molar-refractivity contribution in [3.05, 3.63) is 48.2 Å². The summed E-state index contributed by atoms with van der Waals surface area (Å²) in [5.74, 6) is 0.0396. The highest BCUT2D eigenvalue weighted by atomic mass is 32.2. The van der Waals surface area contributed by atoms with Crippen molar-refractivity contribution in [2.75, 3.05) is 38.8 Å². The van der Waals surface area contributed by atoms with Gasteiger partial charge in [0.15, 0.2) is 0 Å². The zero-order valence-electron chi connectivity index (χ0n) is 20.2. The van der Waals surface area contributed by atoms with Gasteiger partial charge in [0.05, 0.1) is 12.9 Å². The molecule has 186 valence electrons. The summed E-state index contributed by atoms with van der Waals surface area (Å²) in [4.78, 5) is 52.1. The van der Waals surface area contributed by atoms with Crippen molar-refractivity contribution in [1.82, 2.24) is 15.1 Å². The number of allylic oxidation sites excluding steroid dienone is 7. The number of carbonyl (C=O) groups is 4. The molecule has 8 nitrogen and oxygen atoms in total. The molecule has 0 aromatic heterocycles. The molecule has 2 rings (SSSR count). The molecule has 0 unspecified atom stereocenters. The molecular formula is C25H35N3O5S. The molecule has 34 heavy (non-hydrogen) atoms. The third kappa shape index (κ3) is 8.85. The zero-order chi connectivity index (χ0) is 24.9. The van der Waals surface area contributed by atoms with Crippen molar-refractivity contribution in [3.63, 3.8) is 0 Å². The largest absolute Gasteiger partial charge is 0.467 e. The SMILES string of the molecule is COC(=O)[C@H](C)N(C)C(=O)CCSCC(=O)N1CCC(C(=O)NC2=C/C=C\C/C=C\C=C\2)CC1. The zero-order valence-corrected chi connectivity index (χ0v) is 21.0. The van der Waals surface area contributed by atoms with Gasteiger partial charge in [-0.3, -0.25) is 14.4 Å². The number of likely N-dealkylation sites (tertiary alicyclic amines) is 1. The fourth-order valence-electron chi connectivity index (χ4n) is 3.55. The molecule has 3 amide bonds. The van der Waals surface area contributed by atoms with Gasteiger partial charge in [-0.25, -0.2) is 4.79 Å². The molecule has 0 saturated carbocycles. The van der Waals surface area contributed by atoms with Gasteiger partial charge in [0.1, 0.15) is 6.04 Å². The molecule has 0 radical (unpaired) electrons. The number of likely N-dealkylation sites (N-methyl/N-ethyl adjacent to an activating group) is 1. The number of methoxy groups -OCH3 is 1. The summed E-state index contributed by atoms with van der Waals surface area (Å²) < 4.78 is 4.66. The average Bonchev–Trinajstić information content (AvgIpc) is 2.98. The maximum absolute atomic E-state index is 12.7. The lowest BCUT2D eigenvalue weighted by Crippen LogP contribution is -2.43. The van der Waals surface area contributed by atoms with Gasteiger partial charge in [-0.1, -0.05) is 30.4 Å². The summed E-state index contributed by atoms with van der Waals surface area (Å²) in [5.41, 5.74) is 0.754. The van der Waals surface area contributed by atoms with Gasteiger partial charge in [-0.2, -0.15) is 11.8 Å². The van der Waals surface area contributed by atoms with E-state index in [9.17, 15) is 19.2 Å². The maximum atomic E-state index is 12.7. The van der Waals surface area contributed by atoms with Crippen LogP contribution in [0.1, 0.15) is 32.6 Å². The van der Waals surface area contributed by atoms with E-state index in [-0.39, 0.29) is 35.8 Å². The van der Waals surface area contributed by atoms with Crippen LogP contribution in [-0.2, 0) is 23.9 Å². The van der Waals surface area contributed by atoms with Gasteiger partial charge in [0.25, 0.3) is 0 Å². The molecule has 1 atom stereocenters. The van der Waals surface area contributed by atoms with E-state index in [4.69, 9.17) is 0 Å². The van der Waals surface area contributed by atoms with Crippen LogP contribution in [0.4, 0.5) is 0 Å². The predicted octanol–water partition coefficient (Wildman–Crippen LogP) is 2.44. The van der Waals surface area contributed by atoms with Crippen molar-refractivity contribution in [3.8, 4) is 0 Å². The molecule has 9 heteroatoms. The molecule has 1 N–H and O–H groups in total. The number of carbonyl (C=O) groups excluding carboxylic acids is 4. The van der Waals surface area contributed by atoms with Crippen LogP contribution in [0, 0.1) is 5.92 Å². The van der Waals surface area contributed by atoms with Crippen molar-refractivity contribution >= 4 is 35.5 Å². The van der Waals surface area contributed by atoms with E-state index in [1.165, 1.54) is 23.8 Å². The number of hydrogen-bond donors (Lipinski definition) is 1. The first kappa shape index (κ1) is 27.4. The van der Waals surface area contributed by atoms with E-state index < -0.39 is 12.0 Å². The van der Waals surface area contributed by atoms with E-state index in [0.29, 0.717) is 31.7 Å². The van der Waals surface area contributed by atoms with Gasteiger partial charge in [-0.15, -0.1) is 0 Å². The van der Waals surface area contributed by atoms with Crippen molar-refractivity contribution in [2.24, 2.45) is 5.92 Å². The molecule has 1 fully saturated rings. The van der Waals surface area contributed by atoms with Crippen LogP contribution in [0.5, 0.6) is 0 Å². The number of rotatable bonds is 9. The summed E-state index contributed by atoms with van der Waals surface area (Å²) in [6, 6.07) is -0.639. The Labute approximate surface area is 206 Å². The third-order valence-electron chi connectivity index (χ3n) is 5.90. The normalized spacial score (nSPS) is 21.5. The third-order valence-corrected chi connectivity index (χ3v) is 6.84. The van der Waals surface area contributed by atoms with Crippen LogP contribution < -0.4 is 5.32 Å². The average molecular weight is 490 g/mol. The summed E-state index contributed by atoms with van der Waals surface area (Å²) in [5, 5.41) is 2.99. The van der Waals surface area contributed by atoms with Crippen LogP contribution in [0.2, 0.25) is 0 Å². The van der Waals surface area contributed by atoms with Crippen LogP contribution >= 0.6 is 11.8 Å². The van der Waals surface area contributed by atoms with Gasteiger partial charge in [-0.05, 0) is 38.3 Å². The molecule has 0 aromatic carbocycles. The Morgan fingerprint density at radius 2 is 1.88 bits per heavy atom. The lowest BCUT2D eigenvalue weighted by atomic mass is 9.95. The van der Waals surface area contributed by atoms with Gasteiger partial charge >= 0.3 is 5.97 Å². The molecule has 0 spiro atoms. The second-order valence-electron chi connectivity index (χ2n) is 8.22. The second-order valence-corrected chi connectivity index (χ2v) is 9.33. The summed E-state index contributed by atoms with van der Waals surface area (Å²) >= 11 is 1.40. The Morgan fingerprint density at radius 3 is 2.59 bits per heavy atom. The first-order valence-electron chi connectivity index (χ1n) is 11.5. The Balaban J connectivity index is 1.69. The summed E-state index contributed by atoms with van der Waals surface area (Å²) in [7, 11) is 2.86. The Morgan fingerprint density at radius 1 is 1.18 bits per heavy atom. The lowest BCUT2D eigenvalue weighted by Gasteiger charge is -2.31. The molecule has 1 aliphatic heterocycles. The van der Waals surface area contributed by atoms with E-state index in [1.54, 1.807) is 18.9 Å². The molecule has 1 heterocycles. The minimum absolute atomic E-state index is 0.0159. The van der Waals surface area contributed by atoms with Gasteiger partial charge < -0.3 is 19.9 Å². The fourth-order valence-corrected chi connectivity index (χ4v) is 4.37. The lowest BCUT2D eigenvalue weighted by molar-refractivity contribution is -0.150.